The molecule has 6 heteroatoms. The van der Waals surface area contributed by atoms with Crippen molar-refractivity contribution in [3.05, 3.63) is 34.6 Å². The summed E-state index contributed by atoms with van der Waals surface area (Å²) < 4.78 is 6.14. The minimum Gasteiger partial charge on any atom is -0.497 e. The van der Waals surface area contributed by atoms with Crippen molar-refractivity contribution in [2.75, 3.05) is 18.2 Å². The van der Waals surface area contributed by atoms with Gasteiger partial charge in [-0.25, -0.2) is 9.97 Å². The summed E-state index contributed by atoms with van der Waals surface area (Å²) >= 11 is 3.49. The van der Waals surface area contributed by atoms with E-state index < -0.39 is 0 Å². The zero-order valence-electron chi connectivity index (χ0n) is 11.5. The number of aromatic nitrogens is 2. The minimum atomic E-state index is 0.463. The lowest BCUT2D eigenvalue weighted by molar-refractivity contribution is 0.415. The van der Waals surface area contributed by atoms with Gasteiger partial charge in [0.1, 0.15) is 23.2 Å². The molecule has 0 amide bonds. The molecule has 0 atom stereocenters. The van der Waals surface area contributed by atoms with E-state index in [9.17, 15) is 0 Å². The largest absolute Gasteiger partial charge is 0.497 e. The Morgan fingerprint density at radius 3 is 2.80 bits per heavy atom. The van der Waals surface area contributed by atoms with Gasteiger partial charge in [0.15, 0.2) is 0 Å². The van der Waals surface area contributed by atoms with Crippen molar-refractivity contribution < 1.29 is 4.74 Å². The third-order valence-corrected chi connectivity index (χ3v) is 3.39. The van der Waals surface area contributed by atoms with Gasteiger partial charge in [0.2, 0.25) is 0 Å². The number of halogens is 1. The number of hydrogen-bond donors (Lipinski definition) is 2. The average Bonchev–Trinajstić information content (AvgIpc) is 2.41. The number of methoxy groups -OCH3 is 1. The van der Waals surface area contributed by atoms with Gasteiger partial charge in [-0.3, -0.25) is 0 Å². The second-order valence-electron chi connectivity index (χ2n) is 4.32. The van der Waals surface area contributed by atoms with E-state index in [1.54, 1.807) is 13.2 Å². The Morgan fingerprint density at radius 2 is 2.10 bits per heavy atom. The molecule has 2 aromatic rings. The molecule has 20 heavy (non-hydrogen) atoms. The number of aryl methyl sites for hydroxylation is 1. The van der Waals surface area contributed by atoms with Crippen molar-refractivity contribution in [2.24, 2.45) is 0 Å². The highest BCUT2D eigenvalue weighted by Gasteiger charge is 2.06. The lowest BCUT2D eigenvalue weighted by atomic mass is 10.3. The molecule has 1 heterocycles. The first-order valence-corrected chi connectivity index (χ1v) is 7.15. The molecule has 0 fully saturated rings. The number of anilines is 3. The Hall–Kier alpha value is -1.82. The summed E-state index contributed by atoms with van der Waals surface area (Å²) in [6, 6.07) is 7.40. The third kappa shape index (κ3) is 3.60. The molecule has 1 aromatic carbocycles. The Balaban J connectivity index is 2.29. The van der Waals surface area contributed by atoms with E-state index in [0.717, 1.165) is 34.6 Å². The summed E-state index contributed by atoms with van der Waals surface area (Å²) in [5.74, 6) is 2.65. The predicted octanol–water partition coefficient (Wildman–Crippen LogP) is 3.53. The maximum atomic E-state index is 5.81. The van der Waals surface area contributed by atoms with E-state index in [1.165, 1.54) is 0 Å². The Morgan fingerprint density at radius 1 is 1.30 bits per heavy atom. The van der Waals surface area contributed by atoms with Crippen LogP contribution in [-0.2, 0) is 6.42 Å². The highest BCUT2D eigenvalue weighted by atomic mass is 79.9. The quantitative estimate of drug-likeness (QED) is 0.873. The molecule has 0 aliphatic rings. The first kappa shape index (κ1) is 14.6. The molecule has 0 saturated heterocycles. The number of ether oxygens (including phenoxy) is 1. The molecule has 5 nitrogen and oxygen atoms in total. The zero-order chi connectivity index (χ0) is 14.5. The van der Waals surface area contributed by atoms with Crippen LogP contribution in [0.25, 0.3) is 0 Å². The summed E-state index contributed by atoms with van der Waals surface area (Å²) in [6.07, 6.45) is 1.78. The van der Waals surface area contributed by atoms with Gasteiger partial charge in [0, 0.05) is 23.0 Å². The SMILES string of the molecule is CCCc1nc(N)cc(Nc2cc(OC)ccc2Br)n1. The van der Waals surface area contributed by atoms with Gasteiger partial charge in [-0.2, -0.15) is 0 Å². The van der Waals surface area contributed by atoms with Crippen LogP contribution in [-0.4, -0.2) is 17.1 Å². The number of nitrogens with two attached hydrogens (primary N) is 1. The molecule has 3 N–H and O–H groups in total. The first-order valence-electron chi connectivity index (χ1n) is 6.36. The second-order valence-corrected chi connectivity index (χ2v) is 5.17. The Labute approximate surface area is 126 Å². The molecule has 0 spiro atoms. The maximum absolute atomic E-state index is 5.81. The van der Waals surface area contributed by atoms with Gasteiger partial charge < -0.3 is 15.8 Å². The summed E-state index contributed by atoms with van der Waals surface area (Å²) in [5, 5.41) is 3.23. The Bertz CT molecular complexity index is 604. The molecule has 0 bridgehead atoms. The van der Waals surface area contributed by atoms with Crippen molar-refractivity contribution in [2.45, 2.75) is 19.8 Å². The van der Waals surface area contributed by atoms with Crippen molar-refractivity contribution in [1.82, 2.24) is 9.97 Å². The fourth-order valence-corrected chi connectivity index (χ4v) is 2.13. The van der Waals surface area contributed by atoms with Crippen molar-refractivity contribution in [3.63, 3.8) is 0 Å². The average molecular weight is 337 g/mol. The van der Waals surface area contributed by atoms with Gasteiger partial charge in [-0.1, -0.05) is 6.92 Å². The van der Waals surface area contributed by atoms with Crippen LogP contribution in [0.1, 0.15) is 19.2 Å². The summed E-state index contributed by atoms with van der Waals surface area (Å²) in [4.78, 5) is 8.66. The van der Waals surface area contributed by atoms with E-state index in [4.69, 9.17) is 10.5 Å². The van der Waals surface area contributed by atoms with Gasteiger partial charge >= 0.3 is 0 Å². The van der Waals surface area contributed by atoms with E-state index >= 15 is 0 Å². The lowest BCUT2D eigenvalue weighted by Gasteiger charge is -2.11. The summed E-state index contributed by atoms with van der Waals surface area (Å²) in [7, 11) is 1.63. The van der Waals surface area contributed by atoms with Crippen LogP contribution in [0.2, 0.25) is 0 Å². The summed E-state index contributed by atoms with van der Waals surface area (Å²) in [5.41, 5.74) is 6.68. The molecule has 0 aliphatic carbocycles. The number of nitrogen functional groups attached to an aromatic ring is 1. The highest BCUT2D eigenvalue weighted by molar-refractivity contribution is 9.10. The number of benzene rings is 1. The van der Waals surface area contributed by atoms with Crippen LogP contribution in [0.4, 0.5) is 17.3 Å². The monoisotopic (exact) mass is 336 g/mol. The van der Waals surface area contributed by atoms with Crippen LogP contribution in [0.3, 0.4) is 0 Å². The lowest BCUT2D eigenvalue weighted by Crippen LogP contribution is -2.03. The number of nitrogens with one attached hydrogen (secondary N) is 1. The third-order valence-electron chi connectivity index (χ3n) is 2.70. The minimum absolute atomic E-state index is 0.463. The predicted molar refractivity (Wildman–Crippen MR) is 84.4 cm³/mol. The molecule has 0 radical (unpaired) electrons. The molecule has 0 unspecified atom stereocenters. The second kappa shape index (κ2) is 6.56. The van der Waals surface area contributed by atoms with Crippen LogP contribution in [0.15, 0.2) is 28.7 Å². The van der Waals surface area contributed by atoms with Crippen LogP contribution in [0.5, 0.6) is 5.75 Å². The number of nitrogens with zero attached hydrogens (tertiary/aromatic N) is 2. The zero-order valence-corrected chi connectivity index (χ0v) is 13.1. The van der Waals surface area contributed by atoms with Gasteiger partial charge in [-0.15, -0.1) is 0 Å². The van der Waals surface area contributed by atoms with E-state index in [-0.39, 0.29) is 0 Å². The van der Waals surface area contributed by atoms with E-state index in [1.807, 2.05) is 18.2 Å². The van der Waals surface area contributed by atoms with Crippen molar-refractivity contribution in [1.29, 1.82) is 0 Å². The topological polar surface area (TPSA) is 73.1 Å². The van der Waals surface area contributed by atoms with Gasteiger partial charge in [-0.05, 0) is 34.5 Å². The summed E-state index contributed by atoms with van der Waals surface area (Å²) in [6.45, 7) is 2.08. The molecule has 1 aromatic heterocycles. The molecular weight excluding hydrogens is 320 g/mol. The smallest absolute Gasteiger partial charge is 0.136 e. The standard InChI is InChI=1S/C14H17BrN4O/c1-3-4-13-18-12(16)8-14(19-13)17-11-7-9(20-2)5-6-10(11)15/h5-8H,3-4H2,1-2H3,(H3,16,17,18,19). The molecule has 2 rings (SSSR count). The highest BCUT2D eigenvalue weighted by Crippen LogP contribution is 2.29. The van der Waals surface area contributed by atoms with Crippen LogP contribution < -0.4 is 15.8 Å². The van der Waals surface area contributed by atoms with Crippen LogP contribution >= 0.6 is 15.9 Å². The van der Waals surface area contributed by atoms with Gasteiger partial charge in [0.05, 0.1) is 12.8 Å². The van der Waals surface area contributed by atoms with Crippen molar-refractivity contribution >= 4 is 33.3 Å². The number of hydrogen-bond acceptors (Lipinski definition) is 5. The van der Waals surface area contributed by atoms with Crippen LogP contribution in [0, 0.1) is 0 Å². The van der Waals surface area contributed by atoms with Crippen molar-refractivity contribution in [3.8, 4) is 5.75 Å². The fraction of sp³-hybridized carbons (Fsp3) is 0.286. The molecular formula is C14H17BrN4O. The fourth-order valence-electron chi connectivity index (χ4n) is 1.78. The molecule has 0 aliphatic heterocycles. The normalized spacial score (nSPS) is 10.3. The maximum Gasteiger partial charge on any atom is 0.136 e. The van der Waals surface area contributed by atoms with E-state index in [2.05, 4.69) is 38.1 Å². The van der Waals surface area contributed by atoms with E-state index in [0.29, 0.717) is 11.6 Å². The molecule has 0 saturated carbocycles. The first-order chi connectivity index (χ1) is 9.62. The Kier molecular flexibility index (Phi) is 4.79. The number of rotatable bonds is 5. The van der Waals surface area contributed by atoms with Gasteiger partial charge in [0.25, 0.3) is 0 Å². The molecule has 106 valence electrons.